The third kappa shape index (κ3) is 3.58. The lowest BCUT2D eigenvalue weighted by Gasteiger charge is -2.30. The maximum Gasteiger partial charge on any atom is 0.0169 e. The molecule has 0 bridgehead atoms. The van der Waals surface area contributed by atoms with Crippen molar-refractivity contribution in [3.63, 3.8) is 0 Å². The van der Waals surface area contributed by atoms with Crippen molar-refractivity contribution in [2.75, 3.05) is 26.2 Å². The Morgan fingerprint density at radius 3 is 2.58 bits per heavy atom. The van der Waals surface area contributed by atoms with Gasteiger partial charge in [0, 0.05) is 29.4 Å². The minimum absolute atomic E-state index is 0.982. The molecule has 1 rings (SSSR count). The molecule has 0 aromatic heterocycles. The molecule has 72 valence electrons. The summed E-state index contributed by atoms with van der Waals surface area (Å²) < 4.78 is 3.20. The van der Waals surface area contributed by atoms with Crippen molar-refractivity contribution in [2.24, 2.45) is 5.92 Å². The summed E-state index contributed by atoms with van der Waals surface area (Å²) in [4.78, 5) is 2.55. The second-order valence-corrected chi connectivity index (χ2v) is 4.31. The van der Waals surface area contributed by atoms with Crippen molar-refractivity contribution in [2.45, 2.75) is 26.2 Å². The molecular formula is C9H19IN2. The Balaban J connectivity index is 2.09. The Hall–Kier alpha value is 0.650. The van der Waals surface area contributed by atoms with E-state index in [4.69, 9.17) is 0 Å². The zero-order chi connectivity index (χ0) is 8.81. The third-order valence-corrected chi connectivity index (χ3v) is 3.34. The van der Waals surface area contributed by atoms with Crippen LogP contribution in [0.4, 0.5) is 0 Å². The van der Waals surface area contributed by atoms with Crippen molar-refractivity contribution < 1.29 is 0 Å². The number of likely N-dealkylation sites (tertiary alicyclic amines) is 1. The highest BCUT2D eigenvalue weighted by Gasteiger charge is 2.16. The van der Waals surface area contributed by atoms with Gasteiger partial charge in [-0.25, -0.2) is 0 Å². The van der Waals surface area contributed by atoms with Crippen molar-refractivity contribution >= 4 is 22.9 Å². The van der Waals surface area contributed by atoms with Gasteiger partial charge >= 0.3 is 0 Å². The first kappa shape index (κ1) is 10.7. The molecule has 1 N–H and O–H groups in total. The van der Waals surface area contributed by atoms with Crippen LogP contribution in [0, 0.1) is 5.92 Å². The molecule has 0 radical (unpaired) electrons. The number of nitrogens with zero attached hydrogens (tertiary/aromatic N) is 1. The van der Waals surface area contributed by atoms with E-state index in [0.717, 1.165) is 5.92 Å². The summed E-state index contributed by atoms with van der Waals surface area (Å²) in [5, 5.41) is 0. The molecule has 0 unspecified atom stereocenters. The minimum atomic E-state index is 0.982. The summed E-state index contributed by atoms with van der Waals surface area (Å²) in [5.74, 6) is 0.982. The highest BCUT2D eigenvalue weighted by atomic mass is 127. The van der Waals surface area contributed by atoms with Crippen LogP contribution < -0.4 is 3.53 Å². The fourth-order valence-electron chi connectivity index (χ4n) is 1.85. The second-order valence-electron chi connectivity index (χ2n) is 3.55. The Bertz CT molecular complexity index is 111. The first-order chi connectivity index (χ1) is 5.86. The summed E-state index contributed by atoms with van der Waals surface area (Å²) in [7, 11) is 0. The molecule has 0 saturated carbocycles. The van der Waals surface area contributed by atoms with E-state index < -0.39 is 0 Å². The van der Waals surface area contributed by atoms with Crippen LogP contribution in [-0.2, 0) is 0 Å². The van der Waals surface area contributed by atoms with E-state index in [1.807, 2.05) is 0 Å². The lowest BCUT2D eigenvalue weighted by molar-refractivity contribution is 0.188. The van der Waals surface area contributed by atoms with E-state index in [0.29, 0.717) is 0 Å². The standard InChI is InChI=1S/C9H19IN2/c1-2-12-7-4-9(5-8-12)3-6-11-10/h9,11H,2-8H2,1H3. The third-order valence-electron chi connectivity index (χ3n) is 2.80. The molecule has 2 nitrogen and oxygen atoms in total. The molecule has 1 heterocycles. The first-order valence-electron chi connectivity index (χ1n) is 4.92. The minimum Gasteiger partial charge on any atom is -0.304 e. The zero-order valence-electron chi connectivity index (χ0n) is 7.85. The number of hydrogen-bond acceptors (Lipinski definition) is 2. The quantitative estimate of drug-likeness (QED) is 0.627. The molecule has 0 aromatic carbocycles. The van der Waals surface area contributed by atoms with Crippen molar-refractivity contribution in [3.8, 4) is 0 Å². The van der Waals surface area contributed by atoms with E-state index in [-0.39, 0.29) is 0 Å². The number of piperidine rings is 1. The topological polar surface area (TPSA) is 15.3 Å². The van der Waals surface area contributed by atoms with Gasteiger partial charge in [-0.1, -0.05) is 6.92 Å². The van der Waals surface area contributed by atoms with Crippen LogP contribution in [0.15, 0.2) is 0 Å². The van der Waals surface area contributed by atoms with E-state index in [9.17, 15) is 0 Å². The molecule has 0 atom stereocenters. The predicted molar refractivity (Wildman–Crippen MR) is 61.5 cm³/mol. The Morgan fingerprint density at radius 1 is 1.42 bits per heavy atom. The van der Waals surface area contributed by atoms with Crippen LogP contribution in [0.3, 0.4) is 0 Å². The molecular weight excluding hydrogens is 263 g/mol. The fraction of sp³-hybridized carbons (Fsp3) is 1.00. The Morgan fingerprint density at radius 2 is 2.08 bits per heavy atom. The van der Waals surface area contributed by atoms with E-state index in [2.05, 4.69) is 38.2 Å². The number of rotatable bonds is 4. The summed E-state index contributed by atoms with van der Waals surface area (Å²) >= 11 is 2.23. The molecule has 1 aliphatic rings. The van der Waals surface area contributed by atoms with Crippen molar-refractivity contribution in [1.82, 2.24) is 8.43 Å². The lowest BCUT2D eigenvalue weighted by Crippen LogP contribution is -2.33. The van der Waals surface area contributed by atoms with Gasteiger partial charge in [0.15, 0.2) is 0 Å². The first-order valence-corrected chi connectivity index (χ1v) is 6.00. The molecule has 1 saturated heterocycles. The Labute approximate surface area is 89.6 Å². The van der Waals surface area contributed by atoms with Crippen LogP contribution in [0.1, 0.15) is 26.2 Å². The highest BCUT2D eigenvalue weighted by Crippen LogP contribution is 2.19. The molecule has 1 fully saturated rings. The molecule has 0 amide bonds. The van der Waals surface area contributed by atoms with Gasteiger partial charge in [0.1, 0.15) is 0 Å². The molecule has 0 aliphatic carbocycles. The normalized spacial score (nSPS) is 21.5. The fourth-order valence-corrected chi connectivity index (χ4v) is 2.16. The number of halogens is 1. The van der Waals surface area contributed by atoms with E-state index >= 15 is 0 Å². The van der Waals surface area contributed by atoms with Gasteiger partial charge in [0.05, 0.1) is 0 Å². The van der Waals surface area contributed by atoms with Crippen molar-refractivity contribution in [1.29, 1.82) is 0 Å². The monoisotopic (exact) mass is 282 g/mol. The molecule has 3 heteroatoms. The average molecular weight is 282 g/mol. The molecule has 0 spiro atoms. The van der Waals surface area contributed by atoms with Crippen molar-refractivity contribution in [3.05, 3.63) is 0 Å². The number of hydrogen-bond donors (Lipinski definition) is 1. The predicted octanol–water partition coefficient (Wildman–Crippen LogP) is 2.05. The van der Waals surface area contributed by atoms with Gasteiger partial charge in [-0.2, -0.15) is 0 Å². The van der Waals surface area contributed by atoms with Gasteiger partial charge in [-0.15, -0.1) is 0 Å². The molecule has 0 aromatic rings. The lowest BCUT2D eigenvalue weighted by atomic mass is 9.94. The SMILES string of the molecule is CCN1CCC(CCNI)CC1. The second kappa shape index (κ2) is 6.16. The summed E-state index contributed by atoms with van der Waals surface area (Å²) in [5.41, 5.74) is 0. The van der Waals surface area contributed by atoms with Crippen LogP contribution in [0.25, 0.3) is 0 Å². The number of nitrogens with one attached hydrogen (secondary N) is 1. The van der Waals surface area contributed by atoms with Gasteiger partial charge < -0.3 is 4.90 Å². The maximum atomic E-state index is 3.20. The Kier molecular flexibility index (Phi) is 5.50. The van der Waals surface area contributed by atoms with Crippen LogP contribution >= 0.6 is 22.9 Å². The van der Waals surface area contributed by atoms with Gasteiger partial charge in [-0.05, 0) is 44.8 Å². The summed E-state index contributed by atoms with van der Waals surface area (Å²) in [6.07, 6.45) is 4.18. The van der Waals surface area contributed by atoms with Gasteiger partial charge in [0.2, 0.25) is 0 Å². The van der Waals surface area contributed by atoms with Gasteiger partial charge in [0.25, 0.3) is 0 Å². The summed E-state index contributed by atoms with van der Waals surface area (Å²) in [6.45, 7) is 7.31. The average Bonchev–Trinajstić information content (AvgIpc) is 2.15. The summed E-state index contributed by atoms with van der Waals surface area (Å²) in [6, 6.07) is 0. The molecule has 1 aliphatic heterocycles. The van der Waals surface area contributed by atoms with E-state index in [1.54, 1.807) is 0 Å². The maximum absolute atomic E-state index is 3.20. The largest absolute Gasteiger partial charge is 0.304 e. The van der Waals surface area contributed by atoms with Gasteiger partial charge in [-0.3, -0.25) is 3.53 Å². The molecule has 12 heavy (non-hydrogen) atoms. The van der Waals surface area contributed by atoms with E-state index in [1.165, 1.54) is 45.4 Å². The van der Waals surface area contributed by atoms with Crippen LogP contribution in [0.5, 0.6) is 0 Å². The highest BCUT2D eigenvalue weighted by molar-refractivity contribution is 14.1. The van der Waals surface area contributed by atoms with Crippen LogP contribution in [0.2, 0.25) is 0 Å². The zero-order valence-corrected chi connectivity index (χ0v) is 10.0. The smallest absolute Gasteiger partial charge is 0.0169 e. The van der Waals surface area contributed by atoms with Crippen LogP contribution in [-0.4, -0.2) is 31.1 Å².